The van der Waals surface area contributed by atoms with Gasteiger partial charge < -0.3 is 10.5 Å². The van der Waals surface area contributed by atoms with Gasteiger partial charge in [0, 0.05) is 18.3 Å². The van der Waals surface area contributed by atoms with Crippen LogP contribution in [0.25, 0.3) is 0 Å². The fourth-order valence-electron chi connectivity index (χ4n) is 1.54. The molecular weight excluding hydrogens is 233 g/mol. The van der Waals surface area contributed by atoms with Crippen LogP contribution in [-0.4, -0.2) is 9.78 Å². The molecule has 1 aromatic carbocycles. The zero-order chi connectivity index (χ0) is 13.1. The summed E-state index contributed by atoms with van der Waals surface area (Å²) in [5, 5.41) is 4.35. The molecule has 2 N–H and O–H groups in total. The number of nitrogens with two attached hydrogens (primary N) is 1. The number of hydrogen-bond acceptors (Lipinski definition) is 3. The van der Waals surface area contributed by atoms with Crippen molar-refractivity contribution in [1.29, 1.82) is 0 Å². The summed E-state index contributed by atoms with van der Waals surface area (Å²) in [6, 6.07) is 6.28. The van der Waals surface area contributed by atoms with Crippen LogP contribution in [0.1, 0.15) is 25.6 Å². The van der Waals surface area contributed by atoms with Gasteiger partial charge in [-0.2, -0.15) is 5.10 Å². The average Bonchev–Trinajstić information content (AvgIpc) is 2.76. The number of nitrogens with zero attached hydrogens (tertiary/aromatic N) is 2. The number of halogens is 1. The molecule has 0 unspecified atom stereocenters. The molecule has 96 valence electrons. The van der Waals surface area contributed by atoms with Gasteiger partial charge in [-0.25, -0.2) is 4.39 Å². The van der Waals surface area contributed by atoms with E-state index >= 15 is 0 Å². The first-order valence-corrected chi connectivity index (χ1v) is 5.78. The highest BCUT2D eigenvalue weighted by atomic mass is 19.1. The molecule has 1 aromatic heterocycles. The van der Waals surface area contributed by atoms with Gasteiger partial charge in [0.2, 0.25) is 0 Å². The summed E-state index contributed by atoms with van der Waals surface area (Å²) >= 11 is 0. The Kier molecular flexibility index (Phi) is 3.50. The fourth-order valence-corrected chi connectivity index (χ4v) is 1.54. The van der Waals surface area contributed by atoms with E-state index in [-0.39, 0.29) is 5.82 Å². The van der Waals surface area contributed by atoms with E-state index in [2.05, 4.69) is 18.9 Å². The van der Waals surface area contributed by atoms with Gasteiger partial charge in [-0.1, -0.05) is 0 Å². The largest absolute Gasteiger partial charge is 0.485 e. The predicted octanol–water partition coefficient (Wildman–Crippen LogP) is 2.76. The Bertz CT molecular complexity index is 537. The van der Waals surface area contributed by atoms with Crippen molar-refractivity contribution < 1.29 is 9.13 Å². The third-order valence-corrected chi connectivity index (χ3v) is 2.54. The van der Waals surface area contributed by atoms with E-state index in [0.29, 0.717) is 24.1 Å². The summed E-state index contributed by atoms with van der Waals surface area (Å²) < 4.78 is 20.2. The SMILES string of the molecule is CC(C)n1ccc(COc2ccc(F)cc2N)n1. The first kappa shape index (κ1) is 12.4. The molecule has 0 radical (unpaired) electrons. The Hall–Kier alpha value is -2.04. The normalized spacial score (nSPS) is 10.9. The van der Waals surface area contributed by atoms with Crippen LogP contribution in [0.5, 0.6) is 5.75 Å². The highest BCUT2D eigenvalue weighted by Crippen LogP contribution is 2.22. The van der Waals surface area contributed by atoms with Crippen molar-refractivity contribution in [3.05, 3.63) is 42.0 Å². The zero-order valence-corrected chi connectivity index (χ0v) is 10.4. The molecule has 0 spiro atoms. The summed E-state index contributed by atoms with van der Waals surface area (Å²) in [6.07, 6.45) is 1.90. The molecule has 2 aromatic rings. The smallest absolute Gasteiger partial charge is 0.142 e. The van der Waals surface area contributed by atoms with Crippen molar-refractivity contribution in [3.8, 4) is 5.75 Å². The Balaban J connectivity index is 2.02. The second kappa shape index (κ2) is 5.08. The van der Waals surface area contributed by atoms with E-state index in [9.17, 15) is 4.39 Å². The van der Waals surface area contributed by atoms with Gasteiger partial charge >= 0.3 is 0 Å². The molecule has 5 heteroatoms. The van der Waals surface area contributed by atoms with E-state index in [1.54, 1.807) is 0 Å². The van der Waals surface area contributed by atoms with Crippen LogP contribution in [0.2, 0.25) is 0 Å². The Morgan fingerprint density at radius 3 is 2.78 bits per heavy atom. The van der Waals surface area contributed by atoms with Crippen molar-refractivity contribution in [2.45, 2.75) is 26.5 Å². The van der Waals surface area contributed by atoms with Crippen LogP contribution in [0, 0.1) is 5.82 Å². The molecule has 0 saturated carbocycles. The van der Waals surface area contributed by atoms with E-state index in [4.69, 9.17) is 10.5 Å². The molecule has 0 bridgehead atoms. The van der Waals surface area contributed by atoms with Gasteiger partial charge in [0.15, 0.2) is 0 Å². The number of anilines is 1. The van der Waals surface area contributed by atoms with E-state index in [1.807, 2.05) is 16.9 Å². The van der Waals surface area contributed by atoms with Crippen LogP contribution < -0.4 is 10.5 Å². The molecule has 1 heterocycles. The summed E-state index contributed by atoms with van der Waals surface area (Å²) in [4.78, 5) is 0. The highest BCUT2D eigenvalue weighted by molar-refractivity contribution is 5.52. The maximum atomic E-state index is 12.9. The maximum Gasteiger partial charge on any atom is 0.142 e. The second-order valence-electron chi connectivity index (χ2n) is 4.35. The standard InChI is InChI=1S/C13H16FN3O/c1-9(2)17-6-5-11(16-17)8-18-13-4-3-10(14)7-12(13)15/h3-7,9H,8,15H2,1-2H3. The molecule has 0 saturated heterocycles. The minimum atomic E-state index is -0.371. The van der Waals surface area contributed by atoms with Crippen LogP contribution in [0.4, 0.5) is 10.1 Å². The zero-order valence-electron chi connectivity index (χ0n) is 10.4. The maximum absolute atomic E-state index is 12.9. The van der Waals surface area contributed by atoms with Crippen LogP contribution in [-0.2, 0) is 6.61 Å². The Labute approximate surface area is 105 Å². The first-order valence-electron chi connectivity index (χ1n) is 5.78. The number of ether oxygens (including phenoxy) is 1. The average molecular weight is 249 g/mol. The number of aromatic nitrogens is 2. The molecular formula is C13H16FN3O. The number of nitrogen functional groups attached to an aromatic ring is 1. The van der Waals surface area contributed by atoms with Crippen LogP contribution in [0.3, 0.4) is 0 Å². The topological polar surface area (TPSA) is 53.1 Å². The quantitative estimate of drug-likeness (QED) is 0.848. The third-order valence-electron chi connectivity index (χ3n) is 2.54. The monoisotopic (exact) mass is 249 g/mol. The predicted molar refractivity (Wildman–Crippen MR) is 67.8 cm³/mol. The van der Waals surface area contributed by atoms with Crippen molar-refractivity contribution in [2.24, 2.45) is 0 Å². The molecule has 0 aliphatic carbocycles. The summed E-state index contributed by atoms with van der Waals surface area (Å²) in [7, 11) is 0. The molecule has 0 amide bonds. The molecule has 0 aliphatic heterocycles. The van der Waals surface area contributed by atoms with Crippen LogP contribution >= 0.6 is 0 Å². The highest BCUT2D eigenvalue weighted by Gasteiger charge is 2.05. The summed E-state index contributed by atoms with van der Waals surface area (Å²) in [5.74, 6) is 0.0967. The lowest BCUT2D eigenvalue weighted by Crippen LogP contribution is -2.04. The van der Waals surface area contributed by atoms with Crippen molar-refractivity contribution in [3.63, 3.8) is 0 Å². The lowest BCUT2D eigenvalue weighted by molar-refractivity contribution is 0.300. The summed E-state index contributed by atoms with van der Waals surface area (Å²) in [6.45, 7) is 4.42. The molecule has 4 nitrogen and oxygen atoms in total. The Morgan fingerprint density at radius 2 is 2.17 bits per heavy atom. The number of benzene rings is 1. The van der Waals surface area contributed by atoms with E-state index in [1.165, 1.54) is 18.2 Å². The molecule has 0 atom stereocenters. The molecule has 0 fully saturated rings. The van der Waals surface area contributed by atoms with Crippen molar-refractivity contribution in [2.75, 3.05) is 5.73 Å². The van der Waals surface area contributed by atoms with Crippen molar-refractivity contribution in [1.82, 2.24) is 9.78 Å². The van der Waals surface area contributed by atoms with Gasteiger partial charge in [0.1, 0.15) is 18.2 Å². The van der Waals surface area contributed by atoms with Crippen molar-refractivity contribution >= 4 is 5.69 Å². The van der Waals surface area contributed by atoms with Gasteiger partial charge in [-0.05, 0) is 32.0 Å². The van der Waals surface area contributed by atoms with Gasteiger partial charge in [-0.3, -0.25) is 4.68 Å². The molecule has 0 aliphatic rings. The van der Waals surface area contributed by atoms with E-state index in [0.717, 1.165) is 5.69 Å². The second-order valence-corrected chi connectivity index (χ2v) is 4.35. The molecule has 18 heavy (non-hydrogen) atoms. The van der Waals surface area contributed by atoms with Gasteiger partial charge in [0.05, 0.1) is 11.4 Å². The fraction of sp³-hybridized carbons (Fsp3) is 0.308. The summed E-state index contributed by atoms with van der Waals surface area (Å²) in [5.41, 5.74) is 6.75. The first-order chi connectivity index (χ1) is 8.56. The minimum absolute atomic E-state index is 0.290. The Morgan fingerprint density at radius 1 is 1.39 bits per heavy atom. The minimum Gasteiger partial charge on any atom is -0.485 e. The van der Waals surface area contributed by atoms with E-state index < -0.39 is 0 Å². The van der Waals surface area contributed by atoms with Crippen LogP contribution in [0.15, 0.2) is 30.5 Å². The molecule has 2 rings (SSSR count). The van der Waals surface area contributed by atoms with Gasteiger partial charge in [0.25, 0.3) is 0 Å². The lowest BCUT2D eigenvalue weighted by atomic mass is 10.3. The number of hydrogen-bond donors (Lipinski definition) is 1. The lowest BCUT2D eigenvalue weighted by Gasteiger charge is -2.07. The number of rotatable bonds is 4. The van der Waals surface area contributed by atoms with Gasteiger partial charge in [-0.15, -0.1) is 0 Å². The third kappa shape index (κ3) is 2.80.